The van der Waals surface area contributed by atoms with Gasteiger partial charge in [0.2, 0.25) is 0 Å². The van der Waals surface area contributed by atoms with E-state index in [1.807, 2.05) is 4.90 Å². The van der Waals surface area contributed by atoms with Crippen LogP contribution < -0.4 is 10.6 Å². The van der Waals surface area contributed by atoms with Crippen LogP contribution in [-0.4, -0.2) is 61.2 Å². The van der Waals surface area contributed by atoms with E-state index in [1.165, 1.54) is 0 Å². The van der Waals surface area contributed by atoms with Gasteiger partial charge in [0.1, 0.15) is 18.0 Å². The average Bonchev–Trinajstić information content (AvgIpc) is 3.22. The Labute approximate surface area is 152 Å². The molecule has 0 spiro atoms. The lowest BCUT2D eigenvalue weighted by molar-refractivity contribution is -0.148. The Bertz CT molecular complexity index is 691. The number of anilines is 1. The minimum Gasteiger partial charge on any atom is -0.465 e. The Morgan fingerprint density at radius 1 is 1.38 bits per heavy atom. The molecule has 0 saturated carbocycles. The van der Waals surface area contributed by atoms with Crippen LogP contribution in [0.1, 0.15) is 25.3 Å². The lowest BCUT2D eigenvalue weighted by Crippen LogP contribution is -2.42. The summed E-state index contributed by atoms with van der Waals surface area (Å²) >= 11 is 0. The third-order valence-electron chi connectivity index (χ3n) is 4.72. The molecule has 0 aromatic heterocycles. The molecule has 1 amide bonds. The molecule has 0 aliphatic carbocycles. The number of amides is 1. The summed E-state index contributed by atoms with van der Waals surface area (Å²) in [4.78, 5) is 27.9. The summed E-state index contributed by atoms with van der Waals surface area (Å²) in [7, 11) is 0. The summed E-state index contributed by atoms with van der Waals surface area (Å²) in [5.74, 6) is -0.219. The quantitative estimate of drug-likeness (QED) is 0.450. The fourth-order valence-corrected chi connectivity index (χ4v) is 3.46. The van der Waals surface area contributed by atoms with Gasteiger partial charge in [0.25, 0.3) is 0 Å². The number of likely N-dealkylation sites (tertiary alicyclic amines) is 1. The van der Waals surface area contributed by atoms with Crippen molar-refractivity contribution in [2.24, 2.45) is 5.73 Å². The second kappa shape index (κ2) is 7.74. The molecule has 1 aromatic carbocycles. The van der Waals surface area contributed by atoms with E-state index in [2.05, 4.69) is 0 Å². The predicted molar refractivity (Wildman–Crippen MR) is 96.3 cm³/mol. The van der Waals surface area contributed by atoms with E-state index in [0.717, 1.165) is 19.4 Å². The summed E-state index contributed by atoms with van der Waals surface area (Å²) in [6, 6.07) is 6.65. The van der Waals surface area contributed by atoms with Crippen LogP contribution in [0.5, 0.6) is 0 Å². The Balaban J connectivity index is 1.62. The van der Waals surface area contributed by atoms with Gasteiger partial charge >= 0.3 is 12.1 Å². The van der Waals surface area contributed by atoms with E-state index in [1.54, 1.807) is 36.1 Å². The maximum absolute atomic E-state index is 12.2. The summed E-state index contributed by atoms with van der Waals surface area (Å²) < 4.78 is 10.6. The maximum atomic E-state index is 12.2. The lowest BCUT2D eigenvalue weighted by Gasteiger charge is -2.24. The van der Waals surface area contributed by atoms with E-state index < -0.39 is 6.09 Å². The zero-order valence-electron chi connectivity index (χ0n) is 14.8. The SMILES string of the molecule is CCOC(=O)C1CCCN1CC1CN(c2ccc(C(=N)N)cc2)C(=O)O1. The van der Waals surface area contributed by atoms with Crippen molar-refractivity contribution in [3.63, 3.8) is 0 Å². The summed E-state index contributed by atoms with van der Waals surface area (Å²) in [5.41, 5.74) is 6.76. The van der Waals surface area contributed by atoms with Gasteiger partial charge < -0.3 is 15.2 Å². The highest BCUT2D eigenvalue weighted by molar-refractivity contribution is 5.96. The largest absolute Gasteiger partial charge is 0.465 e. The number of cyclic esters (lactones) is 1. The van der Waals surface area contributed by atoms with Crippen molar-refractivity contribution in [1.82, 2.24) is 4.90 Å². The fourth-order valence-electron chi connectivity index (χ4n) is 3.46. The molecular weight excluding hydrogens is 336 g/mol. The minimum atomic E-state index is -0.405. The highest BCUT2D eigenvalue weighted by atomic mass is 16.6. The van der Waals surface area contributed by atoms with Gasteiger partial charge in [-0.2, -0.15) is 0 Å². The number of nitrogens with one attached hydrogen (secondary N) is 1. The number of rotatable bonds is 6. The van der Waals surface area contributed by atoms with E-state index >= 15 is 0 Å². The van der Waals surface area contributed by atoms with Gasteiger partial charge in [-0.1, -0.05) is 0 Å². The molecule has 2 unspecified atom stereocenters. The average molecular weight is 360 g/mol. The zero-order chi connectivity index (χ0) is 18.7. The first kappa shape index (κ1) is 18.2. The van der Waals surface area contributed by atoms with Crippen LogP contribution in [0.3, 0.4) is 0 Å². The molecule has 0 radical (unpaired) electrons. The Kier molecular flexibility index (Phi) is 5.41. The molecule has 2 fully saturated rings. The van der Waals surface area contributed by atoms with E-state index in [4.69, 9.17) is 20.6 Å². The van der Waals surface area contributed by atoms with Gasteiger partial charge in [0.15, 0.2) is 0 Å². The Morgan fingerprint density at radius 3 is 2.77 bits per heavy atom. The lowest BCUT2D eigenvalue weighted by atomic mass is 10.2. The molecule has 8 nitrogen and oxygen atoms in total. The summed E-state index contributed by atoms with van der Waals surface area (Å²) in [6.45, 7) is 3.89. The highest BCUT2D eigenvalue weighted by Crippen LogP contribution is 2.25. The third-order valence-corrected chi connectivity index (χ3v) is 4.72. The topological polar surface area (TPSA) is 109 Å². The van der Waals surface area contributed by atoms with Crippen molar-refractivity contribution in [2.45, 2.75) is 31.9 Å². The van der Waals surface area contributed by atoms with Crippen LogP contribution in [-0.2, 0) is 14.3 Å². The van der Waals surface area contributed by atoms with E-state index in [0.29, 0.717) is 30.9 Å². The first-order valence-electron chi connectivity index (χ1n) is 8.83. The number of hydrogen-bond donors (Lipinski definition) is 2. The van der Waals surface area contributed by atoms with Crippen LogP contribution in [0.4, 0.5) is 10.5 Å². The summed E-state index contributed by atoms with van der Waals surface area (Å²) in [6.07, 6.45) is 0.998. The van der Waals surface area contributed by atoms with Gasteiger partial charge in [0, 0.05) is 17.8 Å². The van der Waals surface area contributed by atoms with E-state index in [9.17, 15) is 9.59 Å². The van der Waals surface area contributed by atoms with Gasteiger partial charge in [-0.05, 0) is 50.6 Å². The number of nitrogen functional groups attached to an aromatic ring is 1. The predicted octanol–water partition coefficient (Wildman–Crippen LogP) is 1.32. The van der Waals surface area contributed by atoms with Gasteiger partial charge in [-0.3, -0.25) is 20.0 Å². The van der Waals surface area contributed by atoms with Crippen molar-refractivity contribution in [1.29, 1.82) is 5.41 Å². The Hall–Kier alpha value is -2.61. The molecule has 26 heavy (non-hydrogen) atoms. The standard InChI is InChI=1S/C18H24N4O4/c1-2-25-17(23)15-4-3-9-21(15)10-14-11-22(18(24)26-14)13-7-5-12(6-8-13)16(19)20/h5-8,14-15H,2-4,9-11H2,1H3,(H3,19,20). The second-order valence-corrected chi connectivity index (χ2v) is 6.48. The molecule has 2 saturated heterocycles. The summed E-state index contributed by atoms with van der Waals surface area (Å²) in [5, 5.41) is 7.42. The highest BCUT2D eigenvalue weighted by Gasteiger charge is 2.38. The van der Waals surface area contributed by atoms with E-state index in [-0.39, 0.29) is 24.0 Å². The molecule has 1 aromatic rings. The number of nitrogens with zero attached hydrogens (tertiary/aromatic N) is 2. The number of nitrogens with two attached hydrogens (primary N) is 1. The van der Waals surface area contributed by atoms with Gasteiger partial charge in [0.05, 0.1) is 13.2 Å². The van der Waals surface area contributed by atoms with Gasteiger partial charge in [-0.25, -0.2) is 4.79 Å². The third kappa shape index (κ3) is 3.80. The number of esters is 1. The molecule has 2 aliphatic rings. The normalized spacial score (nSPS) is 23.1. The Morgan fingerprint density at radius 2 is 2.12 bits per heavy atom. The molecule has 2 heterocycles. The molecular formula is C18H24N4O4. The second-order valence-electron chi connectivity index (χ2n) is 6.48. The van der Waals surface area contributed by atoms with Crippen LogP contribution in [0.15, 0.2) is 24.3 Å². The first-order chi connectivity index (χ1) is 12.5. The van der Waals surface area contributed by atoms with Crippen LogP contribution in [0.2, 0.25) is 0 Å². The monoisotopic (exact) mass is 360 g/mol. The number of benzene rings is 1. The fraction of sp³-hybridized carbons (Fsp3) is 0.500. The molecule has 3 N–H and O–H groups in total. The molecule has 0 bridgehead atoms. The van der Waals surface area contributed by atoms with Gasteiger partial charge in [-0.15, -0.1) is 0 Å². The minimum absolute atomic E-state index is 0.0162. The smallest absolute Gasteiger partial charge is 0.414 e. The maximum Gasteiger partial charge on any atom is 0.414 e. The molecule has 3 rings (SSSR count). The van der Waals surface area contributed by atoms with Crippen molar-refractivity contribution >= 4 is 23.6 Å². The van der Waals surface area contributed by atoms with Crippen molar-refractivity contribution in [3.8, 4) is 0 Å². The number of carbonyl (C=O) groups excluding carboxylic acids is 2. The van der Waals surface area contributed by atoms with Crippen LogP contribution >= 0.6 is 0 Å². The molecule has 2 aliphatic heterocycles. The van der Waals surface area contributed by atoms with Crippen molar-refractivity contribution < 1.29 is 19.1 Å². The number of amidine groups is 1. The first-order valence-corrected chi connectivity index (χ1v) is 8.83. The number of ether oxygens (including phenoxy) is 2. The van der Waals surface area contributed by atoms with Crippen LogP contribution in [0.25, 0.3) is 0 Å². The van der Waals surface area contributed by atoms with Crippen molar-refractivity contribution in [3.05, 3.63) is 29.8 Å². The number of carbonyl (C=O) groups is 2. The van der Waals surface area contributed by atoms with Crippen molar-refractivity contribution in [2.75, 3.05) is 31.1 Å². The molecule has 2 atom stereocenters. The number of hydrogen-bond acceptors (Lipinski definition) is 6. The molecule has 140 valence electrons. The molecule has 8 heteroatoms. The van der Waals surface area contributed by atoms with Crippen LogP contribution in [0, 0.1) is 5.41 Å². The zero-order valence-corrected chi connectivity index (χ0v) is 14.8.